The van der Waals surface area contributed by atoms with Crippen molar-refractivity contribution >= 4 is 20.0 Å². The Morgan fingerprint density at radius 3 is 2.60 bits per heavy atom. The van der Waals surface area contributed by atoms with Crippen molar-refractivity contribution in [2.45, 2.75) is 17.5 Å². The fourth-order valence-electron chi connectivity index (χ4n) is 0.561. The lowest BCUT2D eigenvalue weighted by atomic mass is 10.3. The lowest BCUT2D eigenvalue weighted by molar-refractivity contribution is -0.638. The smallest absolute Gasteiger partial charge is 0.191 e. The van der Waals surface area contributed by atoms with E-state index in [4.69, 9.17) is 21.6 Å². The molecule has 1 aliphatic rings. The lowest BCUT2D eigenvalue weighted by Crippen LogP contribution is -2.49. The monoisotopic (exact) mass is 187 g/mol. The van der Waals surface area contributed by atoms with Gasteiger partial charge in [0.25, 0.3) is 0 Å². The van der Waals surface area contributed by atoms with E-state index < -0.39 is 25.9 Å². The maximum Gasteiger partial charge on any atom is 0.191 e. The van der Waals surface area contributed by atoms with Crippen molar-refractivity contribution < 1.29 is 24.7 Å². The number of hydrogen-bond acceptors (Lipinski definition) is 5. The van der Waals surface area contributed by atoms with Gasteiger partial charge in [0, 0.05) is 0 Å². The van der Waals surface area contributed by atoms with Gasteiger partial charge in [-0.2, -0.15) is 0 Å². The number of aliphatic hydroxyl groups excluding tert-OH is 1. The molecule has 1 heterocycles. The number of aliphatic hydroxyl groups is 1. The molecule has 0 aliphatic carbocycles. The van der Waals surface area contributed by atoms with Crippen LogP contribution in [-0.2, 0) is 9.41 Å². The van der Waals surface area contributed by atoms with Crippen LogP contribution in [0.2, 0.25) is 0 Å². The lowest BCUT2D eigenvalue weighted by Gasteiger charge is -2.39. The van der Waals surface area contributed by atoms with Crippen molar-refractivity contribution in [3.05, 3.63) is 0 Å². The third-order valence-corrected chi connectivity index (χ3v) is 2.77. The molecule has 7 heteroatoms. The van der Waals surface area contributed by atoms with Gasteiger partial charge in [0.05, 0.1) is 0 Å². The number of ether oxygens (including phenoxy) is 1. The zero-order valence-corrected chi connectivity index (χ0v) is 6.33. The standard InChI is InChI=1S/C3H6ClO5P/c4-1-2(5)8-3(1)10(7)9-6/h1-3,5-7H/p-1. The van der Waals surface area contributed by atoms with E-state index in [9.17, 15) is 5.26 Å². The summed E-state index contributed by atoms with van der Waals surface area (Å²) in [6.45, 7) is 0. The topological polar surface area (TPSA) is 82.0 Å². The molecule has 0 spiro atoms. The summed E-state index contributed by atoms with van der Waals surface area (Å²) in [7, 11) is -2.19. The second kappa shape index (κ2) is 3.28. The number of hydrogen-bond donors (Lipinski definition) is 2. The van der Waals surface area contributed by atoms with Crippen molar-refractivity contribution in [3.8, 4) is 0 Å². The van der Waals surface area contributed by atoms with Crippen LogP contribution in [0.5, 0.6) is 0 Å². The van der Waals surface area contributed by atoms with E-state index in [0.29, 0.717) is 0 Å². The fraction of sp³-hybridized carbons (Fsp3) is 1.00. The molecular formula is C3H5ClO5P-. The van der Waals surface area contributed by atoms with Crippen LogP contribution in [0, 0.1) is 0 Å². The third kappa shape index (κ3) is 1.40. The maximum atomic E-state index is 9.57. The summed E-state index contributed by atoms with van der Waals surface area (Å²) in [6, 6.07) is 0. The minimum absolute atomic E-state index is 0.745. The van der Waals surface area contributed by atoms with Crippen LogP contribution in [0.25, 0.3) is 0 Å². The van der Waals surface area contributed by atoms with Crippen molar-refractivity contribution in [1.29, 1.82) is 0 Å². The van der Waals surface area contributed by atoms with Gasteiger partial charge in [-0.1, -0.05) is 0 Å². The first kappa shape index (κ1) is 8.62. The Bertz CT molecular complexity index is 119. The SMILES string of the molecule is [O-]OP(O)C1OC(O)C1Cl. The number of alkyl halides is 1. The molecule has 0 saturated carbocycles. The third-order valence-electron chi connectivity index (χ3n) is 1.12. The molecule has 1 saturated heterocycles. The molecule has 10 heavy (non-hydrogen) atoms. The van der Waals surface area contributed by atoms with Crippen LogP contribution in [0.3, 0.4) is 0 Å². The van der Waals surface area contributed by atoms with Crippen molar-refractivity contribution in [3.63, 3.8) is 0 Å². The Kier molecular flexibility index (Phi) is 2.82. The van der Waals surface area contributed by atoms with Crippen LogP contribution in [-0.4, -0.2) is 27.5 Å². The first-order chi connectivity index (χ1) is 4.66. The average Bonchev–Trinajstić information content (AvgIpc) is 1.98. The van der Waals surface area contributed by atoms with Gasteiger partial charge in [0.1, 0.15) is 5.38 Å². The van der Waals surface area contributed by atoms with Crippen molar-refractivity contribution in [1.82, 2.24) is 0 Å². The van der Waals surface area contributed by atoms with Crippen molar-refractivity contribution in [2.75, 3.05) is 0 Å². The Labute approximate surface area is 63.0 Å². The summed E-state index contributed by atoms with van der Waals surface area (Å²) in [5.74, 6) is -0.857. The van der Waals surface area contributed by atoms with Gasteiger partial charge >= 0.3 is 0 Å². The predicted octanol–water partition coefficient (Wildman–Crippen LogP) is -1.14. The maximum absolute atomic E-state index is 9.57. The molecule has 2 N–H and O–H groups in total. The number of halogens is 1. The van der Waals surface area contributed by atoms with E-state index in [1.807, 2.05) is 0 Å². The van der Waals surface area contributed by atoms with Gasteiger partial charge in [0.15, 0.2) is 20.5 Å². The zero-order valence-electron chi connectivity index (χ0n) is 4.68. The van der Waals surface area contributed by atoms with Gasteiger partial charge in [-0.3, -0.25) is 0 Å². The largest absolute Gasteiger partial charge is 0.718 e. The second-order valence-electron chi connectivity index (χ2n) is 1.74. The first-order valence-corrected chi connectivity index (χ1v) is 4.14. The summed E-state index contributed by atoms with van der Waals surface area (Å²) < 4.78 is 7.80. The van der Waals surface area contributed by atoms with E-state index in [-0.39, 0.29) is 0 Å². The summed E-state index contributed by atoms with van der Waals surface area (Å²) in [4.78, 5) is 8.68. The van der Waals surface area contributed by atoms with Crippen LogP contribution < -0.4 is 5.26 Å². The highest BCUT2D eigenvalue weighted by Gasteiger charge is 2.45. The Morgan fingerprint density at radius 1 is 1.70 bits per heavy atom. The summed E-state index contributed by atoms with van der Waals surface area (Å²) in [5, 5.41) is 17.4. The summed E-state index contributed by atoms with van der Waals surface area (Å²) >= 11 is 5.40. The van der Waals surface area contributed by atoms with Crippen LogP contribution >= 0.6 is 20.0 Å². The summed E-state index contributed by atoms with van der Waals surface area (Å²) in [6.07, 6.45) is -1.10. The highest BCUT2D eigenvalue weighted by Crippen LogP contribution is 2.46. The molecule has 1 fully saturated rings. The molecule has 0 bridgehead atoms. The molecule has 0 aromatic carbocycles. The fourth-order valence-corrected chi connectivity index (χ4v) is 1.67. The molecular weight excluding hydrogens is 182 g/mol. The molecule has 1 rings (SSSR count). The minimum atomic E-state index is -2.19. The molecule has 0 aromatic rings. The highest BCUT2D eigenvalue weighted by atomic mass is 35.5. The van der Waals surface area contributed by atoms with Gasteiger partial charge in [-0.15, -0.1) is 11.6 Å². The van der Waals surface area contributed by atoms with Crippen LogP contribution in [0.4, 0.5) is 0 Å². The molecule has 4 atom stereocenters. The first-order valence-electron chi connectivity index (χ1n) is 2.42. The van der Waals surface area contributed by atoms with E-state index in [1.54, 1.807) is 0 Å². The van der Waals surface area contributed by atoms with Gasteiger partial charge in [0.2, 0.25) is 0 Å². The zero-order chi connectivity index (χ0) is 7.72. The molecule has 0 aromatic heterocycles. The Balaban J connectivity index is 2.32. The molecule has 4 unspecified atom stereocenters. The Hall–Kier alpha value is 0.520. The van der Waals surface area contributed by atoms with E-state index in [2.05, 4.69) is 9.41 Å². The average molecular weight is 187 g/mol. The predicted molar refractivity (Wildman–Crippen MR) is 30.7 cm³/mol. The van der Waals surface area contributed by atoms with Crippen LogP contribution in [0.1, 0.15) is 0 Å². The molecule has 60 valence electrons. The van der Waals surface area contributed by atoms with E-state index in [0.717, 1.165) is 0 Å². The quantitative estimate of drug-likeness (QED) is 0.247. The molecule has 0 radical (unpaired) electrons. The molecule has 0 amide bonds. The number of rotatable bonds is 2. The van der Waals surface area contributed by atoms with Gasteiger partial charge in [-0.05, 0) is 0 Å². The van der Waals surface area contributed by atoms with Crippen LogP contribution in [0.15, 0.2) is 0 Å². The van der Waals surface area contributed by atoms with E-state index in [1.165, 1.54) is 0 Å². The second-order valence-corrected chi connectivity index (χ2v) is 3.51. The van der Waals surface area contributed by atoms with Gasteiger partial charge < -0.3 is 24.7 Å². The summed E-state index contributed by atoms with van der Waals surface area (Å²) in [5.41, 5.74) is 0. The normalized spacial score (nSPS) is 42.6. The Morgan fingerprint density at radius 2 is 2.30 bits per heavy atom. The van der Waals surface area contributed by atoms with E-state index >= 15 is 0 Å². The van der Waals surface area contributed by atoms with Crippen molar-refractivity contribution in [2.24, 2.45) is 0 Å². The highest BCUT2D eigenvalue weighted by molar-refractivity contribution is 7.46. The van der Waals surface area contributed by atoms with Gasteiger partial charge in [-0.25, -0.2) is 0 Å². The minimum Gasteiger partial charge on any atom is -0.718 e. The molecule has 5 nitrogen and oxygen atoms in total. The molecule has 1 aliphatic heterocycles.